The van der Waals surface area contributed by atoms with Crippen molar-refractivity contribution in [1.29, 1.82) is 0 Å². The largest absolute Gasteiger partial charge is 0.457 e. The third-order valence-corrected chi connectivity index (χ3v) is 9.04. The lowest BCUT2D eigenvalue weighted by atomic mass is 9.88. The van der Waals surface area contributed by atoms with E-state index in [4.69, 9.17) is 18.9 Å². The molecule has 0 radical (unpaired) electrons. The first kappa shape index (κ1) is 36.6. The first-order valence-electron chi connectivity index (χ1n) is 16.0. The predicted molar refractivity (Wildman–Crippen MR) is 171 cm³/mol. The lowest BCUT2D eigenvalue weighted by Crippen LogP contribution is -2.42. The van der Waals surface area contributed by atoms with Gasteiger partial charge in [0.1, 0.15) is 23.9 Å². The van der Waals surface area contributed by atoms with E-state index >= 15 is 0 Å². The fourth-order valence-electron chi connectivity index (χ4n) is 5.90. The minimum atomic E-state index is -1.49. The molecular weight excluding hydrogens is 576 g/mol. The summed E-state index contributed by atoms with van der Waals surface area (Å²) < 4.78 is 23.0. The molecule has 1 aromatic rings. The SMILES string of the molecule is CCC(OC)C(C)C1OC1C(O)C(C)/C=C/C=C(\C)C1OC(=O)CC(O)CCC(C)(O)C(OC(=O)c2ccccc2)/C=C/C1C. The van der Waals surface area contributed by atoms with Gasteiger partial charge in [-0.05, 0) is 56.9 Å². The zero-order chi connectivity index (χ0) is 33.3. The maximum Gasteiger partial charge on any atom is 0.338 e. The molecule has 250 valence electrons. The van der Waals surface area contributed by atoms with E-state index in [-0.39, 0.29) is 55.3 Å². The first-order chi connectivity index (χ1) is 21.3. The molecule has 0 aromatic heterocycles. The normalized spacial score (nSPS) is 33.2. The molecule has 3 N–H and O–H groups in total. The zero-order valence-corrected chi connectivity index (χ0v) is 27.7. The van der Waals surface area contributed by atoms with Crippen LogP contribution in [0.5, 0.6) is 0 Å². The van der Waals surface area contributed by atoms with Gasteiger partial charge in [0.15, 0.2) is 0 Å². The number of hydrogen-bond acceptors (Lipinski definition) is 9. The summed E-state index contributed by atoms with van der Waals surface area (Å²) in [7, 11) is 1.69. The molecule has 3 rings (SSSR count). The second kappa shape index (κ2) is 16.7. The number of rotatable bonds is 11. The highest BCUT2D eigenvalue weighted by Crippen LogP contribution is 2.37. The maximum atomic E-state index is 12.9. The smallest absolute Gasteiger partial charge is 0.338 e. The van der Waals surface area contributed by atoms with Crippen molar-refractivity contribution < 1.29 is 43.9 Å². The van der Waals surface area contributed by atoms with Gasteiger partial charge in [-0.15, -0.1) is 0 Å². The first-order valence-corrected chi connectivity index (χ1v) is 16.0. The Labute approximate surface area is 267 Å². The van der Waals surface area contributed by atoms with Gasteiger partial charge < -0.3 is 34.3 Å². The summed E-state index contributed by atoms with van der Waals surface area (Å²) in [4.78, 5) is 25.7. The zero-order valence-electron chi connectivity index (χ0n) is 27.7. The van der Waals surface area contributed by atoms with E-state index in [2.05, 4.69) is 13.8 Å². The Balaban J connectivity index is 1.75. The van der Waals surface area contributed by atoms with Crippen LogP contribution in [0.1, 0.15) is 77.6 Å². The Morgan fingerprint density at radius 1 is 1.18 bits per heavy atom. The van der Waals surface area contributed by atoms with Crippen molar-refractivity contribution in [2.75, 3.05) is 7.11 Å². The van der Waals surface area contributed by atoms with Crippen LogP contribution in [0, 0.1) is 17.8 Å². The molecule has 1 aromatic carbocycles. The van der Waals surface area contributed by atoms with Crippen molar-refractivity contribution in [1.82, 2.24) is 0 Å². The molecule has 0 bridgehead atoms. The van der Waals surface area contributed by atoms with Crippen LogP contribution in [0.25, 0.3) is 0 Å². The maximum absolute atomic E-state index is 12.9. The van der Waals surface area contributed by atoms with Gasteiger partial charge in [-0.3, -0.25) is 4.79 Å². The Kier molecular flexibility index (Phi) is 13.6. The number of benzene rings is 1. The van der Waals surface area contributed by atoms with Crippen LogP contribution in [0.3, 0.4) is 0 Å². The van der Waals surface area contributed by atoms with Crippen molar-refractivity contribution in [3.05, 3.63) is 71.8 Å². The van der Waals surface area contributed by atoms with Crippen LogP contribution in [0.2, 0.25) is 0 Å². The van der Waals surface area contributed by atoms with E-state index in [1.165, 1.54) is 0 Å². The second-order valence-corrected chi connectivity index (χ2v) is 12.9. The highest BCUT2D eigenvalue weighted by molar-refractivity contribution is 5.89. The molecule has 0 spiro atoms. The number of carbonyl (C=O) groups excluding carboxylic acids is 2. The highest BCUT2D eigenvalue weighted by Gasteiger charge is 2.50. The minimum Gasteiger partial charge on any atom is -0.457 e. The van der Waals surface area contributed by atoms with E-state index in [1.807, 2.05) is 39.0 Å². The summed E-state index contributed by atoms with van der Waals surface area (Å²) in [5, 5.41) is 32.7. The summed E-state index contributed by atoms with van der Waals surface area (Å²) in [6.45, 7) is 11.3. The number of hydrogen-bond donors (Lipinski definition) is 3. The van der Waals surface area contributed by atoms with Gasteiger partial charge in [-0.1, -0.05) is 70.2 Å². The summed E-state index contributed by atoms with van der Waals surface area (Å²) in [5.41, 5.74) is -0.390. The lowest BCUT2D eigenvalue weighted by Gasteiger charge is -2.32. The van der Waals surface area contributed by atoms with Crippen LogP contribution in [-0.4, -0.2) is 82.7 Å². The van der Waals surface area contributed by atoms with Crippen molar-refractivity contribution >= 4 is 11.9 Å². The van der Waals surface area contributed by atoms with Crippen molar-refractivity contribution in [3.8, 4) is 0 Å². The molecule has 9 heteroatoms. The molecular formula is C36H52O9. The van der Waals surface area contributed by atoms with E-state index < -0.39 is 42.0 Å². The number of aliphatic hydroxyl groups is 3. The van der Waals surface area contributed by atoms with Crippen LogP contribution >= 0.6 is 0 Å². The summed E-state index contributed by atoms with van der Waals surface area (Å²) in [6.07, 6.45) is 6.19. The standard InChI is InChI=1S/C36H52O9/c1-8-28(42-7)25(5)33-34(45-33)31(39)22(2)13-12-14-23(3)32-24(4)17-18-29(43-35(40)26-15-10-9-11-16-26)36(6,41)20-19-27(37)21-30(38)44-32/h9-18,22,24-25,27-29,31-34,37,39,41H,8,19-21H2,1-7H3/b13-12+,18-17+,23-14+. The number of esters is 2. The molecule has 2 heterocycles. The van der Waals surface area contributed by atoms with Crippen molar-refractivity contribution in [2.24, 2.45) is 17.8 Å². The predicted octanol–water partition coefficient (Wildman–Crippen LogP) is 4.94. The van der Waals surface area contributed by atoms with E-state index in [1.54, 1.807) is 56.5 Å². The summed E-state index contributed by atoms with van der Waals surface area (Å²) in [5.74, 6) is -1.50. The molecule has 2 aliphatic heterocycles. The molecule has 9 nitrogen and oxygen atoms in total. The number of carbonyl (C=O) groups is 2. The van der Waals surface area contributed by atoms with Crippen LogP contribution in [0.4, 0.5) is 0 Å². The number of epoxide rings is 1. The monoisotopic (exact) mass is 628 g/mol. The van der Waals surface area contributed by atoms with Gasteiger partial charge in [0, 0.05) is 24.9 Å². The quantitative estimate of drug-likeness (QED) is 0.135. The second-order valence-electron chi connectivity index (χ2n) is 12.9. The molecule has 0 aliphatic carbocycles. The molecule has 0 amide bonds. The highest BCUT2D eigenvalue weighted by atomic mass is 16.6. The Bertz CT molecular complexity index is 1190. The van der Waals surface area contributed by atoms with Gasteiger partial charge in [-0.25, -0.2) is 4.79 Å². The van der Waals surface area contributed by atoms with Gasteiger partial charge in [0.2, 0.25) is 0 Å². The third kappa shape index (κ3) is 10.3. The summed E-state index contributed by atoms with van der Waals surface area (Å²) in [6, 6.07) is 8.54. The van der Waals surface area contributed by atoms with Gasteiger partial charge >= 0.3 is 11.9 Å². The van der Waals surface area contributed by atoms with Crippen molar-refractivity contribution in [3.63, 3.8) is 0 Å². The number of cyclic esters (lactones) is 1. The molecule has 11 unspecified atom stereocenters. The number of allylic oxidation sites excluding steroid dienone is 2. The Hall–Kier alpha value is -2.82. The fourth-order valence-corrected chi connectivity index (χ4v) is 5.90. The van der Waals surface area contributed by atoms with Gasteiger partial charge in [-0.2, -0.15) is 0 Å². The fraction of sp³-hybridized carbons (Fsp3) is 0.611. The third-order valence-electron chi connectivity index (χ3n) is 9.04. The lowest BCUT2D eigenvalue weighted by molar-refractivity contribution is -0.151. The van der Waals surface area contributed by atoms with E-state index in [9.17, 15) is 24.9 Å². The van der Waals surface area contributed by atoms with Crippen LogP contribution < -0.4 is 0 Å². The molecule has 2 aliphatic rings. The Morgan fingerprint density at radius 3 is 2.51 bits per heavy atom. The number of methoxy groups -OCH3 is 1. The molecule has 1 saturated heterocycles. The Morgan fingerprint density at radius 2 is 1.87 bits per heavy atom. The minimum absolute atomic E-state index is 0.0479. The molecule has 11 atom stereocenters. The van der Waals surface area contributed by atoms with Crippen LogP contribution in [-0.2, 0) is 23.7 Å². The topological polar surface area (TPSA) is 135 Å². The number of aliphatic hydroxyl groups excluding tert-OH is 2. The average Bonchev–Trinajstić information content (AvgIpc) is 3.81. The molecule has 45 heavy (non-hydrogen) atoms. The van der Waals surface area contributed by atoms with E-state index in [0.717, 1.165) is 12.0 Å². The van der Waals surface area contributed by atoms with E-state index in [0.29, 0.717) is 5.56 Å². The van der Waals surface area contributed by atoms with Crippen LogP contribution in [0.15, 0.2) is 66.3 Å². The number of ether oxygens (including phenoxy) is 4. The molecule has 0 saturated carbocycles. The summed E-state index contributed by atoms with van der Waals surface area (Å²) >= 11 is 0. The van der Waals surface area contributed by atoms with Gasteiger partial charge in [0.05, 0.1) is 36.4 Å². The van der Waals surface area contributed by atoms with Gasteiger partial charge in [0.25, 0.3) is 0 Å². The average molecular weight is 629 g/mol. The van der Waals surface area contributed by atoms with Crippen molar-refractivity contribution in [2.45, 2.75) is 116 Å². The molecule has 1 fully saturated rings.